The predicted molar refractivity (Wildman–Crippen MR) is 126 cm³/mol. The number of hydrogen-bond donors (Lipinski definition) is 2. The highest BCUT2D eigenvalue weighted by molar-refractivity contribution is 7.80. The van der Waals surface area contributed by atoms with E-state index in [1.165, 1.54) is 5.69 Å². The van der Waals surface area contributed by atoms with E-state index in [0.29, 0.717) is 12.0 Å². The van der Waals surface area contributed by atoms with Gasteiger partial charge in [0.1, 0.15) is 11.6 Å². The number of thiocarbonyl (C=S) groups is 1. The molecular formula is C20H28N8OS. The smallest absolute Gasteiger partial charge is 0.227 e. The van der Waals surface area contributed by atoms with Crippen LogP contribution in [-0.2, 0) is 0 Å². The number of methoxy groups -OCH3 is 1. The first-order valence-electron chi connectivity index (χ1n) is 9.67. The van der Waals surface area contributed by atoms with Crippen LogP contribution in [0.3, 0.4) is 0 Å². The van der Waals surface area contributed by atoms with Gasteiger partial charge >= 0.3 is 0 Å². The molecular weight excluding hydrogens is 400 g/mol. The summed E-state index contributed by atoms with van der Waals surface area (Å²) >= 11 is 4.76. The number of nitrogens with one attached hydrogen (secondary N) is 1. The van der Waals surface area contributed by atoms with Crippen molar-refractivity contribution >= 4 is 41.0 Å². The molecule has 1 aromatic carbocycles. The zero-order valence-corrected chi connectivity index (χ0v) is 18.6. The fourth-order valence-corrected chi connectivity index (χ4v) is 3.49. The summed E-state index contributed by atoms with van der Waals surface area (Å²) in [6, 6.07) is 8.50. The van der Waals surface area contributed by atoms with Gasteiger partial charge in [0, 0.05) is 51.7 Å². The van der Waals surface area contributed by atoms with E-state index < -0.39 is 0 Å². The van der Waals surface area contributed by atoms with Crippen LogP contribution in [0.2, 0.25) is 0 Å². The molecule has 0 aliphatic carbocycles. The van der Waals surface area contributed by atoms with Crippen molar-refractivity contribution in [1.29, 1.82) is 0 Å². The molecule has 30 heavy (non-hydrogen) atoms. The predicted octanol–water partition coefficient (Wildman–Crippen LogP) is 1.43. The summed E-state index contributed by atoms with van der Waals surface area (Å²) in [7, 11) is 5.56. The van der Waals surface area contributed by atoms with E-state index in [1.54, 1.807) is 19.5 Å². The number of ether oxygens (including phenoxy) is 1. The van der Waals surface area contributed by atoms with Gasteiger partial charge in [-0.3, -0.25) is 5.43 Å². The lowest BCUT2D eigenvalue weighted by atomic mass is 10.1. The third-order valence-corrected chi connectivity index (χ3v) is 4.99. The van der Waals surface area contributed by atoms with Crippen LogP contribution in [0.5, 0.6) is 5.75 Å². The quantitative estimate of drug-likeness (QED) is 0.402. The molecule has 1 saturated heterocycles. The van der Waals surface area contributed by atoms with Crippen molar-refractivity contribution in [3.05, 3.63) is 36.0 Å². The van der Waals surface area contributed by atoms with Gasteiger partial charge in [-0.1, -0.05) is 0 Å². The number of rotatable bonds is 6. The zero-order valence-electron chi connectivity index (χ0n) is 17.7. The second-order valence-corrected chi connectivity index (χ2v) is 7.70. The first-order chi connectivity index (χ1) is 14.4. The molecule has 1 aromatic heterocycles. The first-order valence-corrected chi connectivity index (χ1v) is 10.1. The minimum atomic E-state index is 0.110. The molecule has 2 aromatic rings. The van der Waals surface area contributed by atoms with Gasteiger partial charge in [-0.25, -0.2) is 4.98 Å². The van der Waals surface area contributed by atoms with Crippen molar-refractivity contribution in [2.75, 3.05) is 55.5 Å². The van der Waals surface area contributed by atoms with Gasteiger partial charge in [0.2, 0.25) is 5.95 Å². The maximum Gasteiger partial charge on any atom is 0.227 e. The summed E-state index contributed by atoms with van der Waals surface area (Å²) in [6.07, 6.45) is 3.38. The molecule has 160 valence electrons. The Morgan fingerprint density at radius 3 is 2.67 bits per heavy atom. The normalized spacial score (nSPS) is 16.6. The second kappa shape index (κ2) is 9.57. The Morgan fingerprint density at radius 2 is 2.07 bits per heavy atom. The Bertz CT molecular complexity index is 902. The molecule has 0 bridgehead atoms. The summed E-state index contributed by atoms with van der Waals surface area (Å²) in [5.41, 5.74) is 9.92. The van der Waals surface area contributed by atoms with Crippen molar-refractivity contribution in [2.24, 2.45) is 10.8 Å². The van der Waals surface area contributed by atoms with E-state index in [2.05, 4.69) is 44.4 Å². The largest absolute Gasteiger partial charge is 0.497 e. The lowest BCUT2D eigenvalue weighted by Crippen LogP contribution is -2.52. The fourth-order valence-electron chi connectivity index (χ4n) is 3.44. The summed E-state index contributed by atoms with van der Waals surface area (Å²) in [5.74, 6) is 2.35. The second-order valence-electron chi connectivity index (χ2n) is 7.26. The van der Waals surface area contributed by atoms with E-state index in [1.807, 2.05) is 31.1 Å². The Kier molecular flexibility index (Phi) is 6.88. The zero-order chi connectivity index (χ0) is 21.7. The number of benzene rings is 1. The Morgan fingerprint density at radius 1 is 1.33 bits per heavy atom. The van der Waals surface area contributed by atoms with Gasteiger partial charge in [0.15, 0.2) is 5.11 Å². The average Bonchev–Trinajstić information content (AvgIpc) is 2.73. The molecule has 1 aliphatic rings. The van der Waals surface area contributed by atoms with Gasteiger partial charge in [0.25, 0.3) is 0 Å². The molecule has 10 heteroatoms. The van der Waals surface area contributed by atoms with Crippen molar-refractivity contribution in [3.8, 4) is 5.75 Å². The molecule has 0 saturated carbocycles. The van der Waals surface area contributed by atoms with Crippen molar-refractivity contribution in [1.82, 2.24) is 15.4 Å². The van der Waals surface area contributed by atoms with Crippen LogP contribution in [0.1, 0.15) is 12.5 Å². The topological polar surface area (TPSA) is 95.1 Å². The summed E-state index contributed by atoms with van der Waals surface area (Å²) in [4.78, 5) is 15.9. The molecule has 9 nitrogen and oxygen atoms in total. The van der Waals surface area contributed by atoms with Crippen molar-refractivity contribution in [2.45, 2.75) is 13.0 Å². The molecule has 1 aliphatic heterocycles. The number of nitrogens with zero attached hydrogens (tertiary/aromatic N) is 6. The average molecular weight is 429 g/mol. The molecule has 1 fully saturated rings. The third kappa shape index (κ3) is 5.07. The van der Waals surface area contributed by atoms with Gasteiger partial charge in [-0.05, 0) is 43.4 Å². The number of hydrogen-bond acceptors (Lipinski definition) is 8. The Balaban J connectivity index is 1.74. The molecule has 0 amide bonds. The van der Waals surface area contributed by atoms with E-state index in [9.17, 15) is 0 Å². The minimum Gasteiger partial charge on any atom is -0.497 e. The number of aromatic nitrogens is 2. The molecule has 1 unspecified atom stereocenters. The molecule has 3 rings (SSSR count). The van der Waals surface area contributed by atoms with Gasteiger partial charge < -0.3 is 25.2 Å². The highest BCUT2D eigenvalue weighted by Gasteiger charge is 2.26. The van der Waals surface area contributed by atoms with E-state index >= 15 is 0 Å². The molecule has 1 atom stereocenters. The molecule has 0 radical (unpaired) electrons. The molecule has 0 spiro atoms. The third-order valence-electron chi connectivity index (χ3n) is 4.90. The van der Waals surface area contributed by atoms with Crippen molar-refractivity contribution < 1.29 is 4.74 Å². The van der Waals surface area contributed by atoms with E-state index in [-0.39, 0.29) is 5.11 Å². The summed E-state index contributed by atoms with van der Waals surface area (Å²) < 4.78 is 5.26. The number of piperazine rings is 1. The summed E-state index contributed by atoms with van der Waals surface area (Å²) in [6.45, 7) is 4.76. The van der Waals surface area contributed by atoms with Crippen LogP contribution in [0.4, 0.5) is 17.5 Å². The van der Waals surface area contributed by atoms with Crippen LogP contribution in [-0.4, -0.2) is 68.2 Å². The standard InChI is InChI=1S/C20H28N8OS/c1-14-13-27(9-10-28(14)16-5-7-17(29-4)8-6-16)20-22-11-15(12-23-25-19(21)30)18(24-20)26(2)3/h5-8,11-12,14H,9-10,13H2,1-4H3,(H3,21,25,30)/b23-12+. The van der Waals surface area contributed by atoms with Crippen LogP contribution in [0.15, 0.2) is 35.6 Å². The van der Waals surface area contributed by atoms with Gasteiger partial charge in [0.05, 0.1) is 18.9 Å². The van der Waals surface area contributed by atoms with Crippen LogP contribution in [0.25, 0.3) is 0 Å². The lowest BCUT2D eigenvalue weighted by Gasteiger charge is -2.41. The maximum absolute atomic E-state index is 5.40. The first kappa shape index (κ1) is 21.6. The highest BCUT2D eigenvalue weighted by Crippen LogP contribution is 2.25. The lowest BCUT2D eigenvalue weighted by molar-refractivity contribution is 0.414. The van der Waals surface area contributed by atoms with Crippen molar-refractivity contribution in [3.63, 3.8) is 0 Å². The Labute approximate surface area is 182 Å². The van der Waals surface area contributed by atoms with Crippen LogP contribution >= 0.6 is 12.2 Å². The Hall–Kier alpha value is -3.14. The number of nitrogens with two attached hydrogens (primary N) is 1. The van der Waals surface area contributed by atoms with E-state index in [4.69, 9.17) is 27.7 Å². The maximum atomic E-state index is 5.40. The number of anilines is 3. The monoisotopic (exact) mass is 428 g/mol. The minimum absolute atomic E-state index is 0.110. The highest BCUT2D eigenvalue weighted by atomic mass is 32.1. The van der Waals surface area contributed by atoms with Crippen LogP contribution < -0.4 is 30.6 Å². The van der Waals surface area contributed by atoms with Gasteiger partial charge in [-0.15, -0.1) is 0 Å². The van der Waals surface area contributed by atoms with Crippen LogP contribution in [0, 0.1) is 0 Å². The molecule has 3 N–H and O–H groups in total. The van der Waals surface area contributed by atoms with Gasteiger partial charge in [-0.2, -0.15) is 10.1 Å². The summed E-state index contributed by atoms with van der Waals surface area (Å²) in [5, 5.41) is 4.13. The fraction of sp³-hybridized carbons (Fsp3) is 0.400. The number of hydrazone groups is 1. The SMILES string of the molecule is COc1ccc(N2CCN(c3ncc(/C=N/NC(N)=S)c(N(C)C)n3)CC2C)cc1. The molecule has 2 heterocycles. The van der Waals surface area contributed by atoms with E-state index in [0.717, 1.165) is 36.8 Å².